The molecule has 11 nitrogen and oxygen atoms in total. The molecule has 3 saturated heterocycles. The normalized spacial score (nSPS) is 22.8. The predicted octanol–water partition coefficient (Wildman–Crippen LogP) is 0.0513. The third kappa shape index (κ3) is 9.81. The van der Waals surface area contributed by atoms with E-state index in [2.05, 4.69) is 45.1 Å². The standard InChI is InChI=1S/C22H34N4O3.2CH2O2/c1-2-24-7-9-25(10-8-24)11-12-29-21-6-4-3-5-18(21)13-26-14-19-16-28-17-20(15-26)23-22(19)27;2*2-1-3/h3-6,19-20H,2,7-17H2,1H3,(H,23,27);2*1H,(H,2,3)/t19-,20+;;/m1../s1. The maximum absolute atomic E-state index is 12.2. The van der Waals surface area contributed by atoms with Crippen molar-refractivity contribution in [3.05, 3.63) is 29.8 Å². The van der Waals surface area contributed by atoms with Gasteiger partial charge in [0.05, 0.1) is 25.2 Å². The first kappa shape index (κ1) is 28.5. The lowest BCUT2D eigenvalue weighted by atomic mass is 10.1. The van der Waals surface area contributed by atoms with E-state index < -0.39 is 0 Å². The summed E-state index contributed by atoms with van der Waals surface area (Å²) in [6.07, 6.45) is 0. The van der Waals surface area contributed by atoms with Gasteiger partial charge in [-0.15, -0.1) is 0 Å². The molecule has 1 amide bonds. The van der Waals surface area contributed by atoms with Crippen LogP contribution in [0.5, 0.6) is 5.75 Å². The van der Waals surface area contributed by atoms with Crippen molar-refractivity contribution < 1.29 is 34.1 Å². The van der Waals surface area contributed by atoms with Gasteiger partial charge in [0, 0.05) is 57.9 Å². The molecular weight excluding hydrogens is 456 g/mol. The van der Waals surface area contributed by atoms with E-state index in [-0.39, 0.29) is 30.8 Å². The first-order valence-electron chi connectivity index (χ1n) is 12.0. The smallest absolute Gasteiger partial charge is 0.290 e. The van der Waals surface area contributed by atoms with E-state index in [1.54, 1.807) is 0 Å². The van der Waals surface area contributed by atoms with Crippen LogP contribution in [0.15, 0.2) is 24.3 Å². The van der Waals surface area contributed by atoms with Gasteiger partial charge in [0.25, 0.3) is 12.9 Å². The SMILES string of the molecule is CCN1CCN(CCOc2ccccc2CN2C[C@H]3COC[C@@H](C2)C(=O)N3)CC1.O=CO.O=CO. The molecule has 1 aromatic carbocycles. The minimum Gasteiger partial charge on any atom is -0.492 e. The molecule has 4 rings (SSSR count). The molecule has 11 heteroatoms. The van der Waals surface area contributed by atoms with Gasteiger partial charge in [0.2, 0.25) is 5.91 Å². The molecule has 2 bridgehead atoms. The van der Waals surface area contributed by atoms with Crippen LogP contribution in [0.1, 0.15) is 12.5 Å². The van der Waals surface area contributed by atoms with Crippen molar-refractivity contribution in [1.29, 1.82) is 0 Å². The number of carbonyl (C=O) groups is 3. The molecule has 3 fully saturated rings. The average Bonchev–Trinajstić information content (AvgIpc) is 3.10. The Kier molecular flexibility index (Phi) is 13.1. The van der Waals surface area contributed by atoms with E-state index in [0.29, 0.717) is 19.8 Å². The number of nitrogens with zero attached hydrogens (tertiary/aromatic N) is 3. The zero-order valence-corrected chi connectivity index (χ0v) is 20.4. The Labute approximate surface area is 206 Å². The van der Waals surface area contributed by atoms with E-state index in [1.165, 1.54) is 5.56 Å². The van der Waals surface area contributed by atoms with Crippen LogP contribution in [0.25, 0.3) is 0 Å². The summed E-state index contributed by atoms with van der Waals surface area (Å²) < 4.78 is 11.8. The number of hydrogen-bond donors (Lipinski definition) is 3. The number of fused-ring (bicyclic) bond motifs is 3. The molecule has 3 aliphatic rings. The van der Waals surface area contributed by atoms with Crippen LogP contribution in [-0.2, 0) is 25.7 Å². The largest absolute Gasteiger partial charge is 0.492 e. The van der Waals surface area contributed by atoms with Crippen LogP contribution < -0.4 is 10.1 Å². The molecular formula is C24H38N4O7. The fraction of sp³-hybridized carbons (Fsp3) is 0.625. The van der Waals surface area contributed by atoms with Crippen LogP contribution >= 0.6 is 0 Å². The van der Waals surface area contributed by atoms with Gasteiger partial charge in [-0.3, -0.25) is 24.2 Å². The maximum atomic E-state index is 12.2. The number of rotatable bonds is 7. The summed E-state index contributed by atoms with van der Waals surface area (Å²) >= 11 is 0. The van der Waals surface area contributed by atoms with Crippen molar-refractivity contribution in [2.75, 3.05) is 72.2 Å². The van der Waals surface area contributed by atoms with Gasteiger partial charge in [-0.25, -0.2) is 0 Å². The number of carboxylic acid groups (broad SMARTS) is 2. The molecule has 3 N–H and O–H groups in total. The zero-order chi connectivity index (χ0) is 25.5. The average molecular weight is 495 g/mol. The predicted molar refractivity (Wildman–Crippen MR) is 129 cm³/mol. The molecule has 2 atom stereocenters. The number of para-hydroxylation sites is 1. The monoisotopic (exact) mass is 494 g/mol. The summed E-state index contributed by atoms with van der Waals surface area (Å²) in [7, 11) is 0. The number of hydrogen-bond acceptors (Lipinski definition) is 8. The fourth-order valence-electron chi connectivity index (χ4n) is 4.48. The lowest BCUT2D eigenvalue weighted by Crippen LogP contribution is -2.47. The Balaban J connectivity index is 0.000000655. The van der Waals surface area contributed by atoms with Gasteiger partial charge < -0.3 is 29.9 Å². The Morgan fingerprint density at radius 3 is 2.37 bits per heavy atom. The van der Waals surface area contributed by atoms with E-state index >= 15 is 0 Å². The molecule has 0 unspecified atom stereocenters. The molecule has 1 aromatic rings. The van der Waals surface area contributed by atoms with Gasteiger partial charge >= 0.3 is 0 Å². The van der Waals surface area contributed by atoms with Crippen LogP contribution in [0.2, 0.25) is 0 Å². The van der Waals surface area contributed by atoms with E-state index in [1.807, 2.05) is 6.07 Å². The second-order valence-corrected chi connectivity index (χ2v) is 8.58. The highest BCUT2D eigenvalue weighted by molar-refractivity contribution is 5.80. The van der Waals surface area contributed by atoms with E-state index in [0.717, 1.165) is 64.7 Å². The van der Waals surface area contributed by atoms with Crippen LogP contribution in [0.4, 0.5) is 0 Å². The molecule has 0 radical (unpaired) electrons. The fourth-order valence-corrected chi connectivity index (χ4v) is 4.48. The molecule has 0 aromatic heterocycles. The summed E-state index contributed by atoms with van der Waals surface area (Å²) in [5.74, 6) is 1.00. The first-order valence-corrected chi connectivity index (χ1v) is 12.0. The highest BCUT2D eigenvalue weighted by atomic mass is 16.5. The lowest BCUT2D eigenvalue weighted by molar-refractivity contribution is -0.125. The summed E-state index contributed by atoms with van der Waals surface area (Å²) in [5, 5.41) is 16.9. The Hall–Kier alpha value is -2.73. The number of nitrogens with one attached hydrogen (secondary N) is 1. The minimum absolute atomic E-state index is 0.0740. The summed E-state index contributed by atoms with van der Waals surface area (Å²) in [4.78, 5) is 36.3. The first-order chi connectivity index (χ1) is 17.0. The highest BCUT2D eigenvalue weighted by Crippen LogP contribution is 2.22. The van der Waals surface area contributed by atoms with Crippen molar-refractivity contribution in [1.82, 2.24) is 20.0 Å². The number of benzene rings is 1. The molecule has 196 valence electrons. The van der Waals surface area contributed by atoms with Crippen molar-refractivity contribution in [2.24, 2.45) is 5.92 Å². The third-order valence-electron chi connectivity index (χ3n) is 6.26. The Morgan fingerprint density at radius 1 is 1.03 bits per heavy atom. The van der Waals surface area contributed by atoms with Crippen molar-refractivity contribution in [2.45, 2.75) is 19.5 Å². The molecule has 0 aliphatic carbocycles. The summed E-state index contributed by atoms with van der Waals surface area (Å²) in [6, 6.07) is 8.38. The van der Waals surface area contributed by atoms with E-state index in [4.69, 9.17) is 29.3 Å². The molecule has 3 aliphatic heterocycles. The van der Waals surface area contributed by atoms with Crippen molar-refractivity contribution in [3.8, 4) is 5.75 Å². The number of likely N-dealkylation sites (N-methyl/N-ethyl adjacent to an activating group) is 1. The minimum atomic E-state index is -0.250. The van der Waals surface area contributed by atoms with Gasteiger partial charge in [-0.1, -0.05) is 25.1 Å². The molecule has 0 spiro atoms. The van der Waals surface area contributed by atoms with Crippen LogP contribution in [0.3, 0.4) is 0 Å². The Morgan fingerprint density at radius 2 is 1.69 bits per heavy atom. The van der Waals surface area contributed by atoms with Gasteiger partial charge in [0.1, 0.15) is 12.4 Å². The number of piperazine rings is 1. The number of carbonyl (C=O) groups excluding carboxylic acids is 1. The summed E-state index contributed by atoms with van der Waals surface area (Å²) in [6.45, 7) is 12.6. The summed E-state index contributed by atoms with van der Waals surface area (Å²) in [5.41, 5.74) is 1.19. The molecule has 35 heavy (non-hydrogen) atoms. The van der Waals surface area contributed by atoms with Crippen LogP contribution in [-0.4, -0.2) is 122 Å². The maximum Gasteiger partial charge on any atom is 0.290 e. The second kappa shape index (κ2) is 16.0. The van der Waals surface area contributed by atoms with Crippen LogP contribution in [0, 0.1) is 5.92 Å². The highest BCUT2D eigenvalue weighted by Gasteiger charge is 2.33. The Bertz CT molecular complexity index is 768. The topological polar surface area (TPSA) is 132 Å². The zero-order valence-electron chi connectivity index (χ0n) is 20.4. The van der Waals surface area contributed by atoms with Gasteiger partial charge in [0.15, 0.2) is 0 Å². The van der Waals surface area contributed by atoms with Crippen molar-refractivity contribution >= 4 is 18.9 Å². The van der Waals surface area contributed by atoms with E-state index in [9.17, 15) is 4.79 Å². The lowest BCUT2D eigenvalue weighted by Gasteiger charge is -2.33. The number of amides is 1. The number of ether oxygens (including phenoxy) is 2. The van der Waals surface area contributed by atoms with Gasteiger partial charge in [-0.2, -0.15) is 0 Å². The van der Waals surface area contributed by atoms with Crippen molar-refractivity contribution in [3.63, 3.8) is 0 Å². The third-order valence-corrected chi connectivity index (χ3v) is 6.26. The van der Waals surface area contributed by atoms with Gasteiger partial charge in [-0.05, 0) is 12.6 Å². The quantitative estimate of drug-likeness (QED) is 0.447. The second-order valence-electron chi connectivity index (χ2n) is 8.58. The molecule has 0 saturated carbocycles. The molecule has 3 heterocycles.